The summed E-state index contributed by atoms with van der Waals surface area (Å²) in [6.45, 7) is 5.06. The standard InChI is InChI=1S/C27H29BrFNO2.C2H2O4/c1-20-4-2-3-5-25(20)27(31)14-16-30(17-15-27)18-19-32-26(21-6-10-23(28)11-7-21)22-8-12-24(29)13-9-22;3-1(4)2(5)6/h2-13,26,31H,14-19H2,1H3;(H,3,4)(H,5,6). The number of carboxylic acids is 2. The molecule has 1 heterocycles. The number of nitrogens with zero attached hydrogens (tertiary/aromatic N) is 1. The van der Waals surface area contributed by atoms with Crippen LogP contribution in [0.1, 0.15) is 41.2 Å². The van der Waals surface area contributed by atoms with E-state index < -0.39 is 17.5 Å². The Bertz CT molecular complexity index is 1150. The minimum atomic E-state index is -1.82. The molecular formula is C29H31BrFNO6. The molecule has 0 bridgehead atoms. The normalized spacial score (nSPS) is 15.7. The lowest BCUT2D eigenvalue weighted by molar-refractivity contribution is -0.159. The Kier molecular flexibility index (Phi) is 10.6. The van der Waals surface area contributed by atoms with Crippen LogP contribution in [-0.4, -0.2) is 58.4 Å². The number of aliphatic hydroxyl groups is 1. The Morgan fingerprint density at radius 2 is 1.47 bits per heavy atom. The number of aryl methyl sites for hydroxylation is 1. The smallest absolute Gasteiger partial charge is 0.414 e. The number of ether oxygens (including phenoxy) is 1. The molecule has 0 spiro atoms. The van der Waals surface area contributed by atoms with Crippen LogP contribution < -0.4 is 0 Å². The SMILES string of the molecule is Cc1ccccc1C1(O)CCN(CCOC(c2ccc(F)cc2)c2ccc(Br)cc2)CC1.O=C(O)C(=O)O. The molecule has 0 amide bonds. The van der Waals surface area contributed by atoms with E-state index in [-0.39, 0.29) is 11.9 Å². The second-order valence-electron chi connectivity index (χ2n) is 9.15. The van der Waals surface area contributed by atoms with Crippen molar-refractivity contribution in [2.75, 3.05) is 26.2 Å². The zero-order valence-corrected chi connectivity index (χ0v) is 22.6. The molecule has 0 saturated carbocycles. The van der Waals surface area contributed by atoms with Crippen LogP contribution in [0.15, 0.2) is 77.3 Å². The molecule has 9 heteroatoms. The molecule has 3 aromatic carbocycles. The van der Waals surface area contributed by atoms with Crippen LogP contribution in [0.3, 0.4) is 0 Å². The highest BCUT2D eigenvalue weighted by Gasteiger charge is 2.34. The van der Waals surface area contributed by atoms with Crippen LogP contribution in [0.5, 0.6) is 0 Å². The zero-order valence-electron chi connectivity index (χ0n) is 21.0. The third-order valence-electron chi connectivity index (χ3n) is 6.55. The third kappa shape index (κ3) is 8.19. The van der Waals surface area contributed by atoms with Gasteiger partial charge in [0.05, 0.1) is 12.2 Å². The van der Waals surface area contributed by atoms with Crippen molar-refractivity contribution in [2.24, 2.45) is 0 Å². The van der Waals surface area contributed by atoms with Gasteiger partial charge in [-0.05, 0) is 66.3 Å². The minimum absolute atomic E-state index is 0.252. The fourth-order valence-corrected chi connectivity index (χ4v) is 4.73. The van der Waals surface area contributed by atoms with Gasteiger partial charge in [-0.1, -0.05) is 64.5 Å². The second kappa shape index (κ2) is 13.6. The van der Waals surface area contributed by atoms with Gasteiger partial charge in [0.15, 0.2) is 0 Å². The monoisotopic (exact) mass is 587 g/mol. The van der Waals surface area contributed by atoms with E-state index in [0.29, 0.717) is 19.4 Å². The summed E-state index contributed by atoms with van der Waals surface area (Å²) in [7, 11) is 0. The van der Waals surface area contributed by atoms with E-state index in [1.54, 1.807) is 12.1 Å². The highest BCUT2D eigenvalue weighted by atomic mass is 79.9. The maximum absolute atomic E-state index is 13.4. The van der Waals surface area contributed by atoms with E-state index in [2.05, 4.69) is 33.8 Å². The lowest BCUT2D eigenvalue weighted by Crippen LogP contribution is -2.44. The molecule has 4 rings (SSSR count). The molecule has 3 aromatic rings. The Balaban J connectivity index is 0.000000599. The van der Waals surface area contributed by atoms with Crippen molar-refractivity contribution in [1.29, 1.82) is 0 Å². The number of piperidine rings is 1. The molecular weight excluding hydrogens is 557 g/mol. The van der Waals surface area contributed by atoms with Crippen LogP contribution in [0.4, 0.5) is 4.39 Å². The first kappa shape index (κ1) is 29.4. The van der Waals surface area contributed by atoms with Crippen molar-refractivity contribution in [1.82, 2.24) is 4.90 Å². The van der Waals surface area contributed by atoms with Gasteiger partial charge in [0.1, 0.15) is 11.9 Å². The van der Waals surface area contributed by atoms with Crippen LogP contribution >= 0.6 is 15.9 Å². The fourth-order valence-electron chi connectivity index (χ4n) is 4.47. The minimum Gasteiger partial charge on any atom is -0.473 e. The first-order valence-corrected chi connectivity index (χ1v) is 13.0. The summed E-state index contributed by atoms with van der Waals surface area (Å²) in [5.41, 5.74) is 3.40. The van der Waals surface area contributed by atoms with Crippen molar-refractivity contribution < 1.29 is 34.0 Å². The number of hydrogen-bond acceptors (Lipinski definition) is 5. The maximum Gasteiger partial charge on any atom is 0.414 e. The number of likely N-dealkylation sites (tertiary alicyclic amines) is 1. The summed E-state index contributed by atoms with van der Waals surface area (Å²) in [6.07, 6.45) is 1.18. The summed E-state index contributed by atoms with van der Waals surface area (Å²) in [5, 5.41) is 26.0. The number of hydrogen-bond donors (Lipinski definition) is 3. The van der Waals surface area contributed by atoms with Crippen LogP contribution in [0.2, 0.25) is 0 Å². The van der Waals surface area contributed by atoms with Crippen molar-refractivity contribution in [3.63, 3.8) is 0 Å². The molecule has 1 aliphatic rings. The zero-order chi connectivity index (χ0) is 27.7. The van der Waals surface area contributed by atoms with Gasteiger partial charge in [-0.15, -0.1) is 0 Å². The molecule has 7 nitrogen and oxygen atoms in total. The van der Waals surface area contributed by atoms with Crippen LogP contribution in [0.25, 0.3) is 0 Å². The summed E-state index contributed by atoms with van der Waals surface area (Å²) in [6, 6.07) is 22.7. The predicted octanol–water partition coefficient (Wildman–Crippen LogP) is 5.14. The van der Waals surface area contributed by atoms with Crippen LogP contribution in [-0.2, 0) is 19.9 Å². The Morgan fingerprint density at radius 3 is 2.00 bits per heavy atom. The average molecular weight is 588 g/mol. The molecule has 202 valence electrons. The van der Waals surface area contributed by atoms with Gasteiger partial charge in [-0.3, -0.25) is 0 Å². The lowest BCUT2D eigenvalue weighted by Gasteiger charge is -2.39. The van der Waals surface area contributed by atoms with Gasteiger partial charge in [0.25, 0.3) is 0 Å². The number of carbonyl (C=O) groups is 2. The molecule has 1 fully saturated rings. The van der Waals surface area contributed by atoms with Gasteiger partial charge < -0.3 is 25.0 Å². The fraction of sp³-hybridized carbons (Fsp3) is 0.310. The van der Waals surface area contributed by atoms with Crippen molar-refractivity contribution >= 4 is 27.9 Å². The Hall–Kier alpha value is -3.11. The van der Waals surface area contributed by atoms with Gasteiger partial charge in [0, 0.05) is 24.1 Å². The summed E-state index contributed by atoms with van der Waals surface area (Å²) in [4.78, 5) is 20.5. The quantitative estimate of drug-likeness (QED) is 0.328. The predicted molar refractivity (Wildman–Crippen MR) is 144 cm³/mol. The second-order valence-corrected chi connectivity index (χ2v) is 10.1. The first-order valence-electron chi connectivity index (χ1n) is 12.2. The van der Waals surface area contributed by atoms with Crippen molar-refractivity contribution in [2.45, 2.75) is 31.5 Å². The first-order chi connectivity index (χ1) is 18.1. The topological polar surface area (TPSA) is 107 Å². The number of halogens is 2. The van der Waals surface area contributed by atoms with Crippen molar-refractivity contribution in [3.8, 4) is 0 Å². The van der Waals surface area contributed by atoms with Gasteiger partial charge in [0.2, 0.25) is 0 Å². The number of benzene rings is 3. The third-order valence-corrected chi connectivity index (χ3v) is 7.08. The van der Waals surface area contributed by atoms with Crippen LogP contribution in [0, 0.1) is 12.7 Å². The van der Waals surface area contributed by atoms with E-state index >= 15 is 0 Å². The molecule has 0 aliphatic carbocycles. The van der Waals surface area contributed by atoms with E-state index in [1.807, 2.05) is 42.5 Å². The van der Waals surface area contributed by atoms with Gasteiger partial charge >= 0.3 is 11.9 Å². The highest BCUT2D eigenvalue weighted by Crippen LogP contribution is 2.34. The lowest BCUT2D eigenvalue weighted by atomic mass is 9.82. The highest BCUT2D eigenvalue weighted by molar-refractivity contribution is 9.10. The average Bonchev–Trinajstić information content (AvgIpc) is 2.90. The Morgan fingerprint density at radius 1 is 0.947 bits per heavy atom. The molecule has 0 aromatic heterocycles. The van der Waals surface area contributed by atoms with Gasteiger partial charge in [-0.2, -0.15) is 0 Å². The molecule has 1 saturated heterocycles. The summed E-state index contributed by atoms with van der Waals surface area (Å²) < 4.78 is 20.8. The van der Waals surface area contributed by atoms with E-state index in [9.17, 15) is 9.50 Å². The molecule has 3 N–H and O–H groups in total. The largest absolute Gasteiger partial charge is 0.473 e. The van der Waals surface area contributed by atoms with Gasteiger partial charge in [-0.25, -0.2) is 14.0 Å². The number of carboxylic acid groups (broad SMARTS) is 2. The van der Waals surface area contributed by atoms with E-state index in [4.69, 9.17) is 24.5 Å². The molecule has 1 aliphatic heterocycles. The molecule has 1 unspecified atom stereocenters. The molecule has 38 heavy (non-hydrogen) atoms. The van der Waals surface area contributed by atoms with E-state index in [0.717, 1.165) is 46.4 Å². The number of aliphatic carboxylic acids is 2. The molecule has 0 radical (unpaired) electrons. The maximum atomic E-state index is 13.4. The number of rotatable bonds is 7. The summed E-state index contributed by atoms with van der Waals surface area (Å²) in [5.74, 6) is -3.90. The summed E-state index contributed by atoms with van der Waals surface area (Å²) >= 11 is 3.48. The van der Waals surface area contributed by atoms with Crippen molar-refractivity contribution in [3.05, 3.63) is 105 Å². The van der Waals surface area contributed by atoms with E-state index in [1.165, 1.54) is 12.1 Å². The Labute approximate surface area is 229 Å². The molecule has 1 atom stereocenters.